The summed E-state index contributed by atoms with van der Waals surface area (Å²) in [5.41, 5.74) is 1.92. The molecule has 2 rings (SSSR count). The Bertz CT molecular complexity index is 626. The van der Waals surface area contributed by atoms with E-state index >= 15 is 0 Å². The highest BCUT2D eigenvalue weighted by Crippen LogP contribution is 2.27. The van der Waals surface area contributed by atoms with E-state index in [0.29, 0.717) is 11.5 Å². The molecule has 2 aromatic carbocycles. The van der Waals surface area contributed by atoms with Crippen LogP contribution in [-0.2, 0) is 6.54 Å². The molecule has 0 spiro atoms. The highest BCUT2D eigenvalue weighted by Gasteiger charge is 2.09. The van der Waals surface area contributed by atoms with E-state index in [-0.39, 0.29) is 5.69 Å². The minimum Gasteiger partial charge on any atom is -0.457 e. The van der Waals surface area contributed by atoms with Crippen LogP contribution in [0.25, 0.3) is 0 Å². The average molecular weight is 272 g/mol. The maximum atomic E-state index is 10.8. The number of nitro benzene ring substituents is 1. The van der Waals surface area contributed by atoms with Gasteiger partial charge >= 0.3 is 0 Å². The summed E-state index contributed by atoms with van der Waals surface area (Å²) in [4.78, 5) is 10.4. The Labute approximate surface area is 117 Å². The fourth-order valence-electron chi connectivity index (χ4n) is 1.95. The number of hydrogen-bond acceptors (Lipinski definition) is 4. The van der Waals surface area contributed by atoms with E-state index < -0.39 is 4.92 Å². The normalized spacial score (nSPS) is 10.3. The first-order valence-electron chi connectivity index (χ1n) is 6.26. The minimum atomic E-state index is -0.419. The van der Waals surface area contributed by atoms with Gasteiger partial charge in [0.15, 0.2) is 0 Å². The summed E-state index contributed by atoms with van der Waals surface area (Å²) in [5, 5.41) is 13.9. The van der Waals surface area contributed by atoms with Gasteiger partial charge in [-0.05, 0) is 43.3 Å². The van der Waals surface area contributed by atoms with Crippen LogP contribution < -0.4 is 10.1 Å². The van der Waals surface area contributed by atoms with Crippen molar-refractivity contribution in [3.05, 3.63) is 63.7 Å². The van der Waals surface area contributed by atoms with Crippen LogP contribution in [0.5, 0.6) is 11.5 Å². The Balaban J connectivity index is 2.25. The standard InChI is InChI=1S/C15H16N2O3/c1-11-6-13(17(18)19)9-15(7-11)20-14-5-3-4-12(8-14)10-16-2/h3-9,16H,10H2,1-2H3. The van der Waals surface area contributed by atoms with Crippen molar-refractivity contribution in [2.45, 2.75) is 13.5 Å². The first-order valence-corrected chi connectivity index (χ1v) is 6.26. The zero-order valence-electron chi connectivity index (χ0n) is 11.4. The smallest absolute Gasteiger partial charge is 0.273 e. The molecule has 0 heterocycles. The molecule has 0 aromatic heterocycles. The van der Waals surface area contributed by atoms with Gasteiger partial charge in [0.05, 0.1) is 11.0 Å². The van der Waals surface area contributed by atoms with Gasteiger partial charge in [-0.15, -0.1) is 0 Å². The number of benzene rings is 2. The number of nitrogens with zero attached hydrogens (tertiary/aromatic N) is 1. The Morgan fingerprint density at radius 3 is 2.70 bits per heavy atom. The highest BCUT2D eigenvalue weighted by atomic mass is 16.6. The average Bonchev–Trinajstić information content (AvgIpc) is 2.38. The van der Waals surface area contributed by atoms with Crippen molar-refractivity contribution in [2.24, 2.45) is 0 Å². The molecule has 0 saturated heterocycles. The van der Waals surface area contributed by atoms with Gasteiger partial charge < -0.3 is 10.1 Å². The molecular formula is C15H16N2O3. The Hall–Kier alpha value is -2.40. The van der Waals surface area contributed by atoms with Crippen LogP contribution in [0.15, 0.2) is 42.5 Å². The molecule has 5 heteroatoms. The van der Waals surface area contributed by atoms with Crippen molar-refractivity contribution in [1.29, 1.82) is 0 Å². The van der Waals surface area contributed by atoms with Gasteiger partial charge in [0.1, 0.15) is 11.5 Å². The van der Waals surface area contributed by atoms with Crippen molar-refractivity contribution in [1.82, 2.24) is 5.32 Å². The van der Waals surface area contributed by atoms with E-state index in [9.17, 15) is 10.1 Å². The molecule has 2 aromatic rings. The lowest BCUT2D eigenvalue weighted by Crippen LogP contribution is -2.04. The molecule has 0 saturated carbocycles. The van der Waals surface area contributed by atoms with E-state index in [2.05, 4.69) is 5.32 Å². The van der Waals surface area contributed by atoms with E-state index in [4.69, 9.17) is 4.74 Å². The molecule has 0 atom stereocenters. The fraction of sp³-hybridized carbons (Fsp3) is 0.200. The quantitative estimate of drug-likeness (QED) is 0.669. The second-order valence-electron chi connectivity index (χ2n) is 4.54. The predicted octanol–water partition coefficient (Wildman–Crippen LogP) is 3.41. The van der Waals surface area contributed by atoms with Gasteiger partial charge in [-0.1, -0.05) is 12.1 Å². The summed E-state index contributed by atoms with van der Waals surface area (Å²) >= 11 is 0. The van der Waals surface area contributed by atoms with Crippen LogP contribution in [0.3, 0.4) is 0 Å². The van der Waals surface area contributed by atoms with Crippen molar-refractivity contribution < 1.29 is 9.66 Å². The number of rotatable bonds is 5. The molecule has 0 bridgehead atoms. The Kier molecular flexibility index (Phi) is 4.32. The number of nitro groups is 1. The lowest BCUT2D eigenvalue weighted by Gasteiger charge is -2.08. The zero-order valence-corrected chi connectivity index (χ0v) is 11.4. The Morgan fingerprint density at radius 1 is 1.20 bits per heavy atom. The van der Waals surface area contributed by atoms with Crippen LogP contribution in [0, 0.1) is 17.0 Å². The number of hydrogen-bond donors (Lipinski definition) is 1. The molecule has 0 fully saturated rings. The van der Waals surface area contributed by atoms with Crippen LogP contribution in [-0.4, -0.2) is 12.0 Å². The summed E-state index contributed by atoms with van der Waals surface area (Å²) in [6.45, 7) is 2.54. The highest BCUT2D eigenvalue weighted by molar-refractivity contribution is 5.44. The van der Waals surface area contributed by atoms with Crippen molar-refractivity contribution in [3.8, 4) is 11.5 Å². The van der Waals surface area contributed by atoms with E-state index in [1.807, 2.05) is 31.3 Å². The van der Waals surface area contributed by atoms with E-state index in [1.54, 1.807) is 13.0 Å². The SMILES string of the molecule is CNCc1cccc(Oc2cc(C)cc([N+](=O)[O-])c2)c1. The Morgan fingerprint density at radius 2 is 2.00 bits per heavy atom. The summed E-state index contributed by atoms with van der Waals surface area (Å²) < 4.78 is 5.70. The lowest BCUT2D eigenvalue weighted by molar-refractivity contribution is -0.385. The maximum Gasteiger partial charge on any atom is 0.273 e. The van der Waals surface area contributed by atoms with E-state index in [1.165, 1.54) is 12.1 Å². The number of nitrogens with one attached hydrogen (secondary N) is 1. The van der Waals surface area contributed by atoms with Crippen LogP contribution in [0.1, 0.15) is 11.1 Å². The largest absolute Gasteiger partial charge is 0.457 e. The maximum absolute atomic E-state index is 10.8. The van der Waals surface area contributed by atoms with Crippen LogP contribution in [0.2, 0.25) is 0 Å². The number of ether oxygens (including phenoxy) is 1. The molecule has 0 amide bonds. The first kappa shape index (κ1) is 14.0. The van der Waals surface area contributed by atoms with Crippen LogP contribution in [0.4, 0.5) is 5.69 Å². The van der Waals surface area contributed by atoms with Gasteiger partial charge in [-0.3, -0.25) is 10.1 Å². The van der Waals surface area contributed by atoms with Crippen molar-refractivity contribution in [2.75, 3.05) is 7.05 Å². The summed E-state index contributed by atoms with van der Waals surface area (Å²) in [7, 11) is 1.87. The third-order valence-corrected chi connectivity index (χ3v) is 2.76. The predicted molar refractivity (Wildman–Crippen MR) is 77.1 cm³/mol. The molecular weight excluding hydrogens is 256 g/mol. The third kappa shape index (κ3) is 3.55. The van der Waals surface area contributed by atoms with Crippen molar-refractivity contribution in [3.63, 3.8) is 0 Å². The molecule has 1 N–H and O–H groups in total. The zero-order chi connectivity index (χ0) is 14.5. The molecule has 0 aliphatic rings. The third-order valence-electron chi connectivity index (χ3n) is 2.76. The summed E-state index contributed by atoms with van der Waals surface area (Å²) in [5.74, 6) is 1.14. The monoisotopic (exact) mass is 272 g/mol. The molecule has 104 valence electrons. The summed E-state index contributed by atoms with van der Waals surface area (Å²) in [6.07, 6.45) is 0. The first-order chi connectivity index (χ1) is 9.58. The van der Waals surface area contributed by atoms with Crippen LogP contribution >= 0.6 is 0 Å². The molecule has 20 heavy (non-hydrogen) atoms. The second kappa shape index (κ2) is 6.16. The molecule has 0 aliphatic carbocycles. The molecule has 0 aliphatic heterocycles. The fourth-order valence-corrected chi connectivity index (χ4v) is 1.95. The molecule has 5 nitrogen and oxygen atoms in total. The van der Waals surface area contributed by atoms with Gasteiger partial charge in [-0.25, -0.2) is 0 Å². The van der Waals surface area contributed by atoms with Gasteiger partial charge in [0.25, 0.3) is 5.69 Å². The van der Waals surface area contributed by atoms with Gasteiger partial charge in [0.2, 0.25) is 0 Å². The number of non-ortho nitro benzene ring substituents is 1. The topological polar surface area (TPSA) is 64.4 Å². The van der Waals surface area contributed by atoms with Gasteiger partial charge in [0, 0.05) is 12.6 Å². The van der Waals surface area contributed by atoms with Gasteiger partial charge in [-0.2, -0.15) is 0 Å². The lowest BCUT2D eigenvalue weighted by atomic mass is 10.2. The number of aryl methyl sites for hydroxylation is 1. The molecule has 0 unspecified atom stereocenters. The van der Waals surface area contributed by atoms with Crippen molar-refractivity contribution >= 4 is 5.69 Å². The minimum absolute atomic E-state index is 0.0337. The summed E-state index contributed by atoms with van der Waals surface area (Å²) in [6, 6.07) is 12.3. The van der Waals surface area contributed by atoms with E-state index in [0.717, 1.165) is 17.7 Å². The molecule has 0 radical (unpaired) electrons. The second-order valence-corrected chi connectivity index (χ2v) is 4.54.